The lowest BCUT2D eigenvalue weighted by Crippen LogP contribution is -2.24. The van der Waals surface area contributed by atoms with Crippen LogP contribution in [0.5, 0.6) is 0 Å². The van der Waals surface area contributed by atoms with Gasteiger partial charge in [-0.2, -0.15) is 0 Å². The highest BCUT2D eigenvalue weighted by Crippen LogP contribution is 2.32. The Balaban J connectivity index is 2.05. The Morgan fingerprint density at radius 1 is 1.47 bits per heavy atom. The van der Waals surface area contributed by atoms with Gasteiger partial charge in [-0.25, -0.2) is 9.97 Å². The van der Waals surface area contributed by atoms with Crippen LogP contribution in [0.2, 0.25) is 0 Å². The zero-order chi connectivity index (χ0) is 12.1. The predicted octanol–water partition coefficient (Wildman–Crippen LogP) is 2.32. The smallest absolute Gasteiger partial charge is 0.223 e. The van der Waals surface area contributed by atoms with Crippen LogP contribution in [0.25, 0.3) is 0 Å². The fraction of sp³-hybridized carbons (Fsp3) is 0.692. The van der Waals surface area contributed by atoms with Crippen LogP contribution in [0.1, 0.15) is 50.6 Å². The van der Waals surface area contributed by atoms with Crippen LogP contribution in [0.3, 0.4) is 0 Å². The van der Waals surface area contributed by atoms with Crippen LogP contribution < -0.4 is 5.32 Å². The van der Waals surface area contributed by atoms with Gasteiger partial charge in [0.2, 0.25) is 5.95 Å². The molecular weight excluding hydrogens is 214 g/mol. The molecule has 4 heteroatoms. The van der Waals surface area contributed by atoms with Crippen LogP contribution in [0.4, 0.5) is 5.95 Å². The quantitative estimate of drug-likeness (QED) is 0.822. The summed E-state index contributed by atoms with van der Waals surface area (Å²) in [5.74, 6) is 1.25. The Bertz CT molecular complexity index is 346. The van der Waals surface area contributed by atoms with Gasteiger partial charge in [-0.3, -0.25) is 0 Å². The van der Waals surface area contributed by atoms with E-state index in [0.717, 1.165) is 12.1 Å². The van der Waals surface area contributed by atoms with Crippen molar-refractivity contribution >= 4 is 5.95 Å². The fourth-order valence-electron chi connectivity index (χ4n) is 2.35. The first-order chi connectivity index (χ1) is 8.33. The van der Waals surface area contributed by atoms with Gasteiger partial charge in [-0.1, -0.05) is 19.8 Å². The molecule has 1 heterocycles. The molecular formula is C13H21N3O. The van der Waals surface area contributed by atoms with Crippen LogP contribution in [-0.4, -0.2) is 27.7 Å². The SMILES string of the molecule is CCC(CO)Nc1nccc(C2CCCC2)n1. The Kier molecular flexibility index (Phi) is 4.31. The van der Waals surface area contributed by atoms with Crippen molar-refractivity contribution in [2.45, 2.75) is 51.0 Å². The number of nitrogens with zero attached hydrogens (tertiary/aromatic N) is 2. The number of aliphatic hydroxyl groups is 1. The molecule has 2 N–H and O–H groups in total. The summed E-state index contributed by atoms with van der Waals surface area (Å²) in [6, 6.07) is 2.06. The molecule has 2 rings (SSSR count). The molecule has 1 aromatic heterocycles. The van der Waals surface area contributed by atoms with Crippen molar-refractivity contribution < 1.29 is 5.11 Å². The fourth-order valence-corrected chi connectivity index (χ4v) is 2.35. The summed E-state index contributed by atoms with van der Waals surface area (Å²) in [5.41, 5.74) is 1.15. The Morgan fingerprint density at radius 3 is 2.88 bits per heavy atom. The van der Waals surface area contributed by atoms with E-state index >= 15 is 0 Å². The van der Waals surface area contributed by atoms with Crippen molar-refractivity contribution in [1.29, 1.82) is 0 Å². The van der Waals surface area contributed by atoms with Gasteiger partial charge in [0.25, 0.3) is 0 Å². The molecule has 1 fully saturated rings. The standard InChI is InChI=1S/C13H21N3O/c1-2-11(9-17)15-13-14-8-7-12(16-13)10-5-3-4-6-10/h7-8,10-11,17H,2-6,9H2,1H3,(H,14,15,16). The van der Waals surface area contributed by atoms with Crippen LogP contribution >= 0.6 is 0 Å². The number of aliphatic hydroxyl groups excluding tert-OH is 1. The van der Waals surface area contributed by atoms with Gasteiger partial charge in [0.05, 0.1) is 12.6 Å². The van der Waals surface area contributed by atoms with Crippen molar-refractivity contribution in [2.24, 2.45) is 0 Å². The number of hydrogen-bond acceptors (Lipinski definition) is 4. The Labute approximate surface area is 102 Å². The number of nitrogens with one attached hydrogen (secondary N) is 1. The second-order valence-electron chi connectivity index (χ2n) is 4.72. The summed E-state index contributed by atoms with van der Waals surface area (Å²) in [5, 5.41) is 12.3. The highest BCUT2D eigenvalue weighted by atomic mass is 16.3. The molecule has 1 aliphatic rings. The minimum absolute atomic E-state index is 0.0498. The van der Waals surface area contributed by atoms with Crippen molar-refractivity contribution in [3.05, 3.63) is 18.0 Å². The topological polar surface area (TPSA) is 58.0 Å². The van der Waals surface area contributed by atoms with E-state index in [2.05, 4.69) is 15.3 Å². The maximum absolute atomic E-state index is 9.15. The van der Waals surface area contributed by atoms with Crippen molar-refractivity contribution in [1.82, 2.24) is 9.97 Å². The van der Waals surface area contributed by atoms with Gasteiger partial charge < -0.3 is 10.4 Å². The van der Waals surface area contributed by atoms with E-state index in [0.29, 0.717) is 11.9 Å². The lowest BCUT2D eigenvalue weighted by atomic mass is 10.0. The molecule has 94 valence electrons. The summed E-state index contributed by atoms with van der Waals surface area (Å²) in [6.07, 6.45) is 7.79. The first-order valence-electron chi connectivity index (χ1n) is 6.53. The van der Waals surface area contributed by atoms with Crippen molar-refractivity contribution in [3.8, 4) is 0 Å². The molecule has 1 saturated carbocycles. The van der Waals surface area contributed by atoms with Gasteiger partial charge in [0.15, 0.2) is 0 Å². The summed E-state index contributed by atoms with van der Waals surface area (Å²) >= 11 is 0. The van der Waals surface area contributed by atoms with Crippen LogP contribution in [-0.2, 0) is 0 Å². The Hall–Kier alpha value is -1.16. The molecule has 1 unspecified atom stereocenters. The molecule has 0 aromatic carbocycles. The van der Waals surface area contributed by atoms with E-state index in [9.17, 15) is 0 Å². The first kappa shape index (κ1) is 12.3. The maximum Gasteiger partial charge on any atom is 0.223 e. The molecule has 1 aliphatic carbocycles. The zero-order valence-corrected chi connectivity index (χ0v) is 10.4. The van der Waals surface area contributed by atoms with Crippen molar-refractivity contribution in [2.75, 3.05) is 11.9 Å². The lowest BCUT2D eigenvalue weighted by molar-refractivity contribution is 0.271. The second-order valence-corrected chi connectivity index (χ2v) is 4.72. The number of aromatic nitrogens is 2. The van der Waals surface area contributed by atoms with Gasteiger partial charge in [0, 0.05) is 17.8 Å². The van der Waals surface area contributed by atoms with E-state index in [1.165, 1.54) is 25.7 Å². The van der Waals surface area contributed by atoms with Crippen LogP contribution in [0.15, 0.2) is 12.3 Å². The number of hydrogen-bond donors (Lipinski definition) is 2. The highest BCUT2D eigenvalue weighted by Gasteiger charge is 2.19. The maximum atomic E-state index is 9.15. The summed E-state index contributed by atoms with van der Waals surface area (Å²) < 4.78 is 0. The van der Waals surface area contributed by atoms with E-state index in [-0.39, 0.29) is 12.6 Å². The minimum Gasteiger partial charge on any atom is -0.394 e. The number of anilines is 1. The minimum atomic E-state index is 0.0498. The third kappa shape index (κ3) is 3.16. The summed E-state index contributed by atoms with van der Waals surface area (Å²) in [4.78, 5) is 8.77. The lowest BCUT2D eigenvalue weighted by Gasteiger charge is -2.15. The average molecular weight is 235 g/mol. The predicted molar refractivity (Wildman–Crippen MR) is 68.0 cm³/mol. The van der Waals surface area contributed by atoms with Crippen molar-refractivity contribution in [3.63, 3.8) is 0 Å². The molecule has 0 radical (unpaired) electrons. The summed E-state index contributed by atoms with van der Waals surface area (Å²) in [7, 11) is 0. The van der Waals surface area contributed by atoms with E-state index in [1.807, 2.05) is 19.2 Å². The zero-order valence-electron chi connectivity index (χ0n) is 10.4. The number of rotatable bonds is 5. The molecule has 17 heavy (non-hydrogen) atoms. The molecule has 1 atom stereocenters. The van der Waals surface area contributed by atoms with Gasteiger partial charge in [-0.05, 0) is 25.3 Å². The molecule has 0 saturated heterocycles. The molecule has 0 bridgehead atoms. The normalized spacial score (nSPS) is 18.2. The van der Waals surface area contributed by atoms with Gasteiger partial charge in [0.1, 0.15) is 0 Å². The third-order valence-corrected chi connectivity index (χ3v) is 3.50. The van der Waals surface area contributed by atoms with Crippen LogP contribution in [0, 0.1) is 0 Å². The van der Waals surface area contributed by atoms with E-state index in [1.54, 1.807) is 0 Å². The molecule has 0 aliphatic heterocycles. The highest BCUT2D eigenvalue weighted by molar-refractivity contribution is 5.28. The average Bonchev–Trinajstić information content (AvgIpc) is 2.90. The molecule has 0 spiro atoms. The van der Waals surface area contributed by atoms with Gasteiger partial charge in [-0.15, -0.1) is 0 Å². The third-order valence-electron chi connectivity index (χ3n) is 3.50. The monoisotopic (exact) mass is 235 g/mol. The van der Waals surface area contributed by atoms with E-state index in [4.69, 9.17) is 5.11 Å². The van der Waals surface area contributed by atoms with E-state index < -0.39 is 0 Å². The molecule has 1 aromatic rings. The Morgan fingerprint density at radius 2 is 2.24 bits per heavy atom. The second kappa shape index (κ2) is 5.96. The van der Waals surface area contributed by atoms with Gasteiger partial charge >= 0.3 is 0 Å². The first-order valence-corrected chi connectivity index (χ1v) is 6.53. The molecule has 4 nitrogen and oxygen atoms in total. The largest absolute Gasteiger partial charge is 0.394 e. The molecule has 0 amide bonds. The summed E-state index contributed by atoms with van der Waals surface area (Å²) in [6.45, 7) is 2.15.